The largest absolute Gasteiger partial charge is 0.491 e. The summed E-state index contributed by atoms with van der Waals surface area (Å²) in [6, 6.07) is 12.0. The van der Waals surface area contributed by atoms with Crippen molar-refractivity contribution in [3.05, 3.63) is 47.5 Å². The van der Waals surface area contributed by atoms with Gasteiger partial charge in [0, 0.05) is 6.07 Å². The van der Waals surface area contributed by atoms with Gasteiger partial charge in [-0.25, -0.2) is 0 Å². The Morgan fingerprint density at radius 3 is 2.87 bits per heavy atom. The number of carbonyl (C=O) groups excluding carboxylic acids is 1. The molecule has 6 nitrogen and oxygen atoms in total. The van der Waals surface area contributed by atoms with Crippen molar-refractivity contribution < 1.29 is 23.9 Å². The van der Waals surface area contributed by atoms with Crippen LogP contribution in [0, 0.1) is 11.3 Å². The predicted molar refractivity (Wildman–Crippen MR) is 81.6 cm³/mol. The molecule has 3 rings (SSSR count). The molecule has 0 saturated heterocycles. The van der Waals surface area contributed by atoms with Crippen molar-refractivity contribution in [3.8, 4) is 23.3 Å². The summed E-state index contributed by atoms with van der Waals surface area (Å²) in [5.74, 6) is 1.34. The van der Waals surface area contributed by atoms with E-state index < -0.39 is 7.12 Å². The second kappa shape index (κ2) is 6.52. The number of nitrogens with zero attached hydrogens (tertiary/aromatic N) is 1. The maximum absolute atomic E-state index is 10.4. The molecule has 2 aromatic rings. The molecule has 0 bridgehead atoms. The lowest BCUT2D eigenvalue weighted by Gasteiger charge is -2.10. The molecular formula is C16H12BNO5. The minimum atomic E-state index is -0.891. The van der Waals surface area contributed by atoms with Gasteiger partial charge >= 0.3 is 7.12 Å². The van der Waals surface area contributed by atoms with Crippen LogP contribution in [0.1, 0.15) is 11.1 Å². The molecule has 0 unspecified atom stereocenters. The van der Waals surface area contributed by atoms with Crippen molar-refractivity contribution in [2.45, 2.75) is 6.61 Å². The third-order valence-corrected chi connectivity index (χ3v) is 3.39. The van der Waals surface area contributed by atoms with Crippen LogP contribution in [0.5, 0.6) is 17.2 Å². The molecule has 0 radical (unpaired) electrons. The first-order valence-corrected chi connectivity index (χ1v) is 6.92. The van der Waals surface area contributed by atoms with Gasteiger partial charge in [-0.05, 0) is 35.3 Å². The Kier molecular flexibility index (Phi) is 4.28. The van der Waals surface area contributed by atoms with Crippen LogP contribution in [0.3, 0.4) is 0 Å². The molecule has 0 spiro atoms. The second-order valence-electron chi connectivity index (χ2n) is 4.87. The molecule has 2 aromatic carbocycles. The van der Waals surface area contributed by atoms with Gasteiger partial charge in [-0.15, -0.1) is 0 Å². The predicted octanol–water partition coefficient (Wildman–Crippen LogP) is 1.15. The van der Waals surface area contributed by atoms with Gasteiger partial charge < -0.3 is 19.2 Å². The highest BCUT2D eigenvalue weighted by molar-refractivity contribution is 6.61. The Balaban J connectivity index is 1.83. The Hall–Kier alpha value is -2.82. The molecule has 1 aliphatic rings. The highest BCUT2D eigenvalue weighted by atomic mass is 16.5. The average Bonchev–Trinajstić information content (AvgIpc) is 2.94. The van der Waals surface area contributed by atoms with Crippen molar-refractivity contribution in [1.29, 1.82) is 5.26 Å². The molecule has 0 aliphatic carbocycles. The number of benzene rings is 2. The third-order valence-electron chi connectivity index (χ3n) is 3.39. The number of carbonyl (C=O) groups is 1. The van der Waals surface area contributed by atoms with E-state index in [1.165, 1.54) is 0 Å². The summed E-state index contributed by atoms with van der Waals surface area (Å²) in [5, 5.41) is 18.6. The minimum absolute atomic E-state index is 0.133. The van der Waals surface area contributed by atoms with Crippen molar-refractivity contribution >= 4 is 18.9 Å². The number of ether oxygens (including phenoxy) is 2. The van der Waals surface area contributed by atoms with E-state index in [0.29, 0.717) is 30.0 Å². The van der Waals surface area contributed by atoms with Crippen LogP contribution in [0.2, 0.25) is 0 Å². The van der Waals surface area contributed by atoms with Gasteiger partial charge in [-0.1, -0.05) is 6.07 Å². The van der Waals surface area contributed by atoms with Gasteiger partial charge in [0.1, 0.15) is 29.9 Å². The zero-order valence-electron chi connectivity index (χ0n) is 12.1. The molecule has 23 heavy (non-hydrogen) atoms. The van der Waals surface area contributed by atoms with E-state index in [4.69, 9.17) is 19.4 Å². The fourth-order valence-electron chi connectivity index (χ4n) is 2.31. The molecule has 0 atom stereocenters. The summed E-state index contributed by atoms with van der Waals surface area (Å²) >= 11 is 0. The number of aldehydes is 1. The van der Waals surface area contributed by atoms with Crippen LogP contribution in [-0.2, 0) is 16.1 Å². The quantitative estimate of drug-likeness (QED) is 0.658. The first-order valence-electron chi connectivity index (χ1n) is 6.92. The molecule has 0 fully saturated rings. The molecule has 1 N–H and O–H groups in total. The smallest absolute Gasteiger partial charge is 0.485 e. The molecule has 7 heteroatoms. The molecule has 1 aliphatic heterocycles. The van der Waals surface area contributed by atoms with Crippen molar-refractivity contribution in [3.63, 3.8) is 0 Å². The van der Waals surface area contributed by atoms with Crippen molar-refractivity contribution in [2.75, 3.05) is 6.61 Å². The number of rotatable bonds is 5. The highest BCUT2D eigenvalue weighted by Gasteiger charge is 2.27. The monoisotopic (exact) mass is 309 g/mol. The van der Waals surface area contributed by atoms with E-state index >= 15 is 0 Å². The molecule has 114 valence electrons. The first kappa shape index (κ1) is 15.1. The standard InChI is InChI=1S/C16H12BNO5/c18-9-11-1-2-14(8-16(11)21-6-5-19)23-13-3-4-15-12(7-13)10-22-17(15)20/h1-5,7-8,20H,6,10H2. The topological polar surface area (TPSA) is 88.8 Å². The van der Waals surface area contributed by atoms with Crippen LogP contribution in [0.25, 0.3) is 0 Å². The zero-order chi connectivity index (χ0) is 16.2. The van der Waals surface area contributed by atoms with Gasteiger partial charge in [0.25, 0.3) is 0 Å². The van der Waals surface area contributed by atoms with Gasteiger partial charge in [0.05, 0.1) is 12.2 Å². The van der Waals surface area contributed by atoms with E-state index in [-0.39, 0.29) is 12.4 Å². The number of hydrogen-bond donors (Lipinski definition) is 1. The van der Waals surface area contributed by atoms with Crippen LogP contribution in [-0.4, -0.2) is 25.0 Å². The summed E-state index contributed by atoms with van der Waals surface area (Å²) in [4.78, 5) is 10.4. The number of hydrogen-bond acceptors (Lipinski definition) is 6. The van der Waals surface area contributed by atoms with Gasteiger partial charge in [0.15, 0.2) is 6.29 Å². The summed E-state index contributed by atoms with van der Waals surface area (Å²) in [5.41, 5.74) is 1.91. The lowest BCUT2D eigenvalue weighted by molar-refractivity contribution is -0.109. The van der Waals surface area contributed by atoms with Gasteiger partial charge in [0.2, 0.25) is 0 Å². The lowest BCUT2D eigenvalue weighted by Crippen LogP contribution is -2.27. The molecule has 1 heterocycles. The van der Waals surface area contributed by atoms with Gasteiger partial charge in [-0.3, -0.25) is 4.79 Å². The fraction of sp³-hybridized carbons (Fsp3) is 0.125. The molecule has 0 amide bonds. The first-order chi connectivity index (χ1) is 11.2. The van der Waals surface area contributed by atoms with E-state index in [1.54, 1.807) is 36.4 Å². The lowest BCUT2D eigenvalue weighted by atomic mass is 9.80. The zero-order valence-corrected chi connectivity index (χ0v) is 12.1. The second-order valence-corrected chi connectivity index (χ2v) is 4.87. The van der Waals surface area contributed by atoms with E-state index in [1.807, 2.05) is 6.07 Å². The van der Waals surface area contributed by atoms with E-state index in [0.717, 1.165) is 11.0 Å². The van der Waals surface area contributed by atoms with Crippen LogP contribution in [0.15, 0.2) is 36.4 Å². The minimum Gasteiger partial charge on any atom is -0.485 e. The summed E-state index contributed by atoms with van der Waals surface area (Å²) < 4.78 is 16.1. The third kappa shape index (κ3) is 3.18. The van der Waals surface area contributed by atoms with Crippen LogP contribution >= 0.6 is 0 Å². The van der Waals surface area contributed by atoms with E-state index in [2.05, 4.69) is 0 Å². The maximum atomic E-state index is 10.4. The SMILES string of the molecule is N#Cc1ccc(Oc2ccc3c(c2)COB3O)cc1OCC=O. The summed E-state index contributed by atoms with van der Waals surface area (Å²) in [6.45, 7) is 0.195. The Morgan fingerprint density at radius 2 is 2.09 bits per heavy atom. The Bertz CT molecular complexity index is 787. The average molecular weight is 309 g/mol. The fourth-order valence-corrected chi connectivity index (χ4v) is 2.31. The van der Waals surface area contributed by atoms with Crippen molar-refractivity contribution in [2.24, 2.45) is 0 Å². The Labute approximate surface area is 133 Å². The Morgan fingerprint density at radius 1 is 1.30 bits per heavy atom. The van der Waals surface area contributed by atoms with Crippen LogP contribution < -0.4 is 14.9 Å². The van der Waals surface area contributed by atoms with Crippen molar-refractivity contribution in [1.82, 2.24) is 0 Å². The van der Waals surface area contributed by atoms with E-state index in [9.17, 15) is 9.82 Å². The summed E-state index contributed by atoms with van der Waals surface area (Å²) in [7, 11) is -0.891. The summed E-state index contributed by atoms with van der Waals surface area (Å²) in [6.07, 6.45) is 0.612. The highest BCUT2D eigenvalue weighted by Crippen LogP contribution is 2.29. The number of nitriles is 1. The number of fused-ring (bicyclic) bond motifs is 1. The molecule has 0 aromatic heterocycles. The maximum Gasteiger partial charge on any atom is 0.491 e. The molecular weight excluding hydrogens is 297 g/mol. The van der Waals surface area contributed by atoms with Gasteiger partial charge in [-0.2, -0.15) is 5.26 Å². The normalized spacial score (nSPS) is 12.4. The van der Waals surface area contributed by atoms with Crippen LogP contribution in [0.4, 0.5) is 0 Å². The molecule has 0 saturated carbocycles.